The summed E-state index contributed by atoms with van der Waals surface area (Å²) in [4.78, 5) is 4.51. The third-order valence-electron chi connectivity index (χ3n) is 2.30. The fraction of sp³-hybridized carbons (Fsp3) is 0.500. The lowest BCUT2D eigenvalue weighted by molar-refractivity contribution is 0.279. The van der Waals surface area contributed by atoms with Gasteiger partial charge in [-0.25, -0.2) is 4.98 Å². The van der Waals surface area contributed by atoms with Crippen LogP contribution in [0.2, 0.25) is 0 Å². The SMILES string of the molecule is Cc1ccnc(OCCC(C)C)c1C(N)=S. The zero-order chi connectivity index (χ0) is 12.1. The Morgan fingerprint density at radius 2 is 2.25 bits per heavy atom. The third-order valence-corrected chi connectivity index (χ3v) is 2.51. The van der Waals surface area contributed by atoms with Crippen LogP contribution in [0.25, 0.3) is 0 Å². The van der Waals surface area contributed by atoms with Crippen LogP contribution in [0.3, 0.4) is 0 Å². The van der Waals surface area contributed by atoms with Crippen molar-refractivity contribution in [3.63, 3.8) is 0 Å². The van der Waals surface area contributed by atoms with Crippen LogP contribution < -0.4 is 10.5 Å². The van der Waals surface area contributed by atoms with Crippen LogP contribution >= 0.6 is 12.2 Å². The van der Waals surface area contributed by atoms with E-state index in [0.29, 0.717) is 23.4 Å². The Labute approximate surface area is 102 Å². The topological polar surface area (TPSA) is 48.1 Å². The molecule has 88 valence electrons. The molecule has 1 rings (SSSR count). The molecule has 0 amide bonds. The van der Waals surface area contributed by atoms with Crippen LogP contribution in [0.15, 0.2) is 12.3 Å². The predicted molar refractivity (Wildman–Crippen MR) is 69.8 cm³/mol. The first kappa shape index (κ1) is 12.9. The van der Waals surface area contributed by atoms with Crippen molar-refractivity contribution < 1.29 is 4.74 Å². The van der Waals surface area contributed by atoms with E-state index in [-0.39, 0.29) is 0 Å². The molecular formula is C12H18N2OS. The van der Waals surface area contributed by atoms with Gasteiger partial charge in [0.1, 0.15) is 4.99 Å². The quantitative estimate of drug-likeness (QED) is 0.800. The molecule has 0 radical (unpaired) electrons. The number of hydrogen-bond acceptors (Lipinski definition) is 3. The molecule has 4 heteroatoms. The lowest BCUT2D eigenvalue weighted by atomic mass is 10.1. The van der Waals surface area contributed by atoms with E-state index in [1.165, 1.54) is 0 Å². The van der Waals surface area contributed by atoms with Crippen LogP contribution in [0.4, 0.5) is 0 Å². The van der Waals surface area contributed by atoms with E-state index in [9.17, 15) is 0 Å². The van der Waals surface area contributed by atoms with Crippen molar-refractivity contribution >= 4 is 17.2 Å². The molecule has 1 heterocycles. The van der Waals surface area contributed by atoms with Crippen LogP contribution in [0, 0.1) is 12.8 Å². The molecule has 0 saturated heterocycles. The first-order valence-corrected chi connectivity index (χ1v) is 5.81. The Kier molecular flexibility index (Phi) is 4.68. The summed E-state index contributed by atoms with van der Waals surface area (Å²) in [5, 5.41) is 0. The van der Waals surface area contributed by atoms with E-state index in [1.807, 2.05) is 13.0 Å². The minimum absolute atomic E-state index is 0.338. The Morgan fingerprint density at radius 1 is 1.56 bits per heavy atom. The molecule has 0 unspecified atom stereocenters. The van der Waals surface area contributed by atoms with Crippen molar-refractivity contribution in [2.75, 3.05) is 6.61 Å². The van der Waals surface area contributed by atoms with Gasteiger partial charge in [0.05, 0.1) is 12.2 Å². The highest BCUT2D eigenvalue weighted by Crippen LogP contribution is 2.19. The van der Waals surface area contributed by atoms with Crippen LogP contribution in [-0.2, 0) is 0 Å². The molecule has 0 fully saturated rings. The number of thiocarbonyl (C=S) groups is 1. The number of rotatable bonds is 5. The molecule has 2 N–H and O–H groups in total. The Morgan fingerprint density at radius 3 is 2.81 bits per heavy atom. The summed E-state index contributed by atoms with van der Waals surface area (Å²) in [6, 6.07) is 1.88. The Hall–Kier alpha value is -1.16. The van der Waals surface area contributed by atoms with Gasteiger partial charge in [-0.3, -0.25) is 0 Å². The molecule has 0 aliphatic carbocycles. The van der Waals surface area contributed by atoms with E-state index in [1.54, 1.807) is 6.20 Å². The molecule has 0 aliphatic rings. The van der Waals surface area contributed by atoms with Crippen LogP contribution in [-0.4, -0.2) is 16.6 Å². The number of hydrogen-bond donors (Lipinski definition) is 1. The molecular weight excluding hydrogens is 220 g/mol. The molecule has 3 nitrogen and oxygen atoms in total. The third kappa shape index (κ3) is 3.45. The summed E-state index contributed by atoms with van der Waals surface area (Å²) in [6.07, 6.45) is 2.70. The molecule has 1 aromatic rings. The standard InChI is InChI=1S/C12H18N2OS/c1-8(2)5-7-15-12-10(11(13)16)9(3)4-6-14-12/h4,6,8H,5,7H2,1-3H3,(H2,13,16). The second-order valence-electron chi connectivity index (χ2n) is 4.20. The van der Waals surface area contributed by atoms with Gasteiger partial charge in [0.15, 0.2) is 0 Å². The number of aryl methyl sites for hydroxylation is 1. The normalized spacial score (nSPS) is 10.5. The maximum Gasteiger partial charge on any atom is 0.223 e. The second kappa shape index (κ2) is 5.80. The minimum atomic E-state index is 0.338. The first-order chi connectivity index (χ1) is 7.52. The van der Waals surface area contributed by atoms with Crippen molar-refractivity contribution in [3.05, 3.63) is 23.4 Å². The summed E-state index contributed by atoms with van der Waals surface area (Å²) in [6.45, 7) is 6.90. The van der Waals surface area contributed by atoms with E-state index < -0.39 is 0 Å². The van der Waals surface area contributed by atoms with Gasteiger partial charge in [0, 0.05) is 6.20 Å². The van der Waals surface area contributed by atoms with E-state index in [2.05, 4.69) is 18.8 Å². The highest BCUT2D eigenvalue weighted by Gasteiger charge is 2.11. The lowest BCUT2D eigenvalue weighted by Crippen LogP contribution is -2.15. The average Bonchev–Trinajstić information content (AvgIpc) is 2.16. The summed E-state index contributed by atoms with van der Waals surface area (Å²) in [5.41, 5.74) is 7.41. The summed E-state index contributed by atoms with van der Waals surface area (Å²) >= 11 is 5.00. The van der Waals surface area contributed by atoms with Crippen molar-refractivity contribution in [1.29, 1.82) is 0 Å². The summed E-state index contributed by atoms with van der Waals surface area (Å²) in [5.74, 6) is 1.16. The summed E-state index contributed by atoms with van der Waals surface area (Å²) < 4.78 is 5.61. The zero-order valence-corrected chi connectivity index (χ0v) is 10.8. The molecule has 1 aromatic heterocycles. The van der Waals surface area contributed by atoms with Gasteiger partial charge < -0.3 is 10.5 Å². The fourth-order valence-corrected chi connectivity index (χ4v) is 1.58. The highest BCUT2D eigenvalue weighted by molar-refractivity contribution is 7.80. The van der Waals surface area contributed by atoms with Gasteiger partial charge in [0.25, 0.3) is 0 Å². The van der Waals surface area contributed by atoms with Gasteiger partial charge in [-0.15, -0.1) is 0 Å². The largest absolute Gasteiger partial charge is 0.477 e. The van der Waals surface area contributed by atoms with Gasteiger partial charge in [-0.05, 0) is 30.9 Å². The number of aromatic nitrogens is 1. The average molecular weight is 238 g/mol. The van der Waals surface area contributed by atoms with Crippen molar-refractivity contribution in [2.24, 2.45) is 11.7 Å². The molecule has 0 spiro atoms. The van der Waals surface area contributed by atoms with E-state index >= 15 is 0 Å². The number of ether oxygens (including phenoxy) is 1. The van der Waals surface area contributed by atoms with Gasteiger partial charge in [-0.2, -0.15) is 0 Å². The minimum Gasteiger partial charge on any atom is -0.477 e. The van der Waals surface area contributed by atoms with E-state index in [0.717, 1.165) is 17.5 Å². The number of nitrogens with zero attached hydrogens (tertiary/aromatic N) is 1. The maximum atomic E-state index is 5.66. The molecule has 0 saturated carbocycles. The second-order valence-corrected chi connectivity index (χ2v) is 4.64. The van der Waals surface area contributed by atoms with E-state index in [4.69, 9.17) is 22.7 Å². The first-order valence-electron chi connectivity index (χ1n) is 5.40. The number of pyridine rings is 1. The molecule has 0 bridgehead atoms. The maximum absolute atomic E-state index is 5.66. The molecule has 0 atom stereocenters. The van der Waals surface area contributed by atoms with Crippen molar-refractivity contribution in [3.8, 4) is 5.88 Å². The smallest absolute Gasteiger partial charge is 0.223 e. The van der Waals surface area contributed by atoms with Crippen molar-refractivity contribution in [1.82, 2.24) is 4.98 Å². The molecule has 0 aliphatic heterocycles. The molecule has 0 aromatic carbocycles. The lowest BCUT2D eigenvalue weighted by Gasteiger charge is -2.12. The fourth-order valence-electron chi connectivity index (χ4n) is 1.33. The summed E-state index contributed by atoms with van der Waals surface area (Å²) in [7, 11) is 0. The Bertz CT molecular complexity index is 377. The monoisotopic (exact) mass is 238 g/mol. The van der Waals surface area contributed by atoms with Crippen LogP contribution in [0.5, 0.6) is 5.88 Å². The Balaban J connectivity index is 2.79. The van der Waals surface area contributed by atoms with Gasteiger partial charge in [0.2, 0.25) is 5.88 Å². The van der Waals surface area contributed by atoms with Gasteiger partial charge >= 0.3 is 0 Å². The molecule has 16 heavy (non-hydrogen) atoms. The van der Waals surface area contributed by atoms with Gasteiger partial charge in [-0.1, -0.05) is 26.1 Å². The van der Waals surface area contributed by atoms with Crippen molar-refractivity contribution in [2.45, 2.75) is 27.2 Å². The number of nitrogens with two attached hydrogens (primary N) is 1. The van der Waals surface area contributed by atoms with Crippen LogP contribution in [0.1, 0.15) is 31.4 Å². The predicted octanol–water partition coefficient (Wildman–Crippen LogP) is 2.45. The highest BCUT2D eigenvalue weighted by atomic mass is 32.1. The zero-order valence-electron chi connectivity index (χ0n) is 9.99.